The summed E-state index contributed by atoms with van der Waals surface area (Å²) in [5.41, 5.74) is 16.5. The molecular weight excluding hydrogens is 659 g/mol. The maximum atomic E-state index is 2.53. The third-order valence-electron chi connectivity index (χ3n) is 11.4. The SMILES string of the molecule is CC1(C)c2ccc(C3=CC=CCC3)cc2-c2c1cc1sc3ccccc3c1c2N(c1ccccc1)c1ccc(-c2ccc(-c3ccccc3)cc2)cc1. The van der Waals surface area contributed by atoms with Gasteiger partial charge in [0.2, 0.25) is 0 Å². The summed E-state index contributed by atoms with van der Waals surface area (Å²) in [6.45, 7) is 4.82. The highest BCUT2D eigenvalue weighted by atomic mass is 32.1. The summed E-state index contributed by atoms with van der Waals surface area (Å²) in [6.07, 6.45) is 8.95. The molecule has 0 amide bonds. The predicted molar refractivity (Wildman–Crippen MR) is 229 cm³/mol. The van der Waals surface area contributed by atoms with E-state index >= 15 is 0 Å². The van der Waals surface area contributed by atoms with Crippen molar-refractivity contribution in [1.82, 2.24) is 0 Å². The van der Waals surface area contributed by atoms with Crippen LogP contribution in [0.3, 0.4) is 0 Å². The summed E-state index contributed by atoms with van der Waals surface area (Å²) >= 11 is 1.91. The number of anilines is 3. The molecule has 53 heavy (non-hydrogen) atoms. The maximum Gasteiger partial charge on any atom is 0.0636 e. The van der Waals surface area contributed by atoms with E-state index in [1.54, 1.807) is 0 Å². The summed E-state index contributed by atoms with van der Waals surface area (Å²) in [5.74, 6) is 0. The Labute approximate surface area is 315 Å². The Bertz CT molecular complexity index is 2710. The van der Waals surface area contributed by atoms with Gasteiger partial charge in [-0.2, -0.15) is 0 Å². The highest BCUT2D eigenvalue weighted by Gasteiger charge is 2.40. The highest BCUT2D eigenvalue weighted by molar-refractivity contribution is 7.26. The Balaban J connectivity index is 1.20. The summed E-state index contributed by atoms with van der Waals surface area (Å²) < 4.78 is 2.65. The first-order valence-corrected chi connectivity index (χ1v) is 19.5. The van der Waals surface area contributed by atoms with Crippen molar-refractivity contribution in [3.8, 4) is 33.4 Å². The van der Waals surface area contributed by atoms with E-state index in [1.165, 1.54) is 81.5 Å². The van der Waals surface area contributed by atoms with E-state index in [0.29, 0.717) is 0 Å². The third kappa shape index (κ3) is 5.28. The van der Waals surface area contributed by atoms with Gasteiger partial charge in [-0.1, -0.05) is 147 Å². The van der Waals surface area contributed by atoms with Gasteiger partial charge < -0.3 is 4.90 Å². The van der Waals surface area contributed by atoms with Crippen LogP contribution >= 0.6 is 11.3 Å². The third-order valence-corrected chi connectivity index (χ3v) is 12.5. The van der Waals surface area contributed by atoms with Crippen molar-refractivity contribution in [1.29, 1.82) is 0 Å². The molecule has 1 nitrogen and oxygen atoms in total. The average Bonchev–Trinajstić information content (AvgIpc) is 3.70. The van der Waals surface area contributed by atoms with Gasteiger partial charge in [0.1, 0.15) is 0 Å². The zero-order valence-electron chi connectivity index (χ0n) is 30.0. The van der Waals surface area contributed by atoms with Crippen molar-refractivity contribution in [3.63, 3.8) is 0 Å². The molecule has 0 saturated carbocycles. The van der Waals surface area contributed by atoms with Crippen molar-refractivity contribution in [3.05, 3.63) is 193 Å². The fourth-order valence-corrected chi connectivity index (χ4v) is 9.76. The molecule has 1 heterocycles. The van der Waals surface area contributed by atoms with Crippen LogP contribution in [0.5, 0.6) is 0 Å². The molecule has 1 aromatic heterocycles. The summed E-state index contributed by atoms with van der Waals surface area (Å²) in [5, 5.41) is 2.63. The quantitative estimate of drug-likeness (QED) is 0.167. The molecule has 2 aliphatic carbocycles. The lowest BCUT2D eigenvalue weighted by Gasteiger charge is -2.30. The first-order valence-electron chi connectivity index (χ1n) is 18.7. The van der Waals surface area contributed by atoms with E-state index in [4.69, 9.17) is 0 Å². The minimum Gasteiger partial charge on any atom is -0.309 e. The number of thiophene rings is 1. The maximum absolute atomic E-state index is 2.53. The summed E-state index contributed by atoms with van der Waals surface area (Å²) in [7, 11) is 0. The normalized spacial score (nSPS) is 14.3. The number of para-hydroxylation sites is 1. The molecule has 0 N–H and O–H groups in total. The van der Waals surface area contributed by atoms with Gasteiger partial charge in [-0.25, -0.2) is 0 Å². The first kappa shape index (κ1) is 31.7. The van der Waals surface area contributed by atoms with Crippen molar-refractivity contribution in [2.75, 3.05) is 4.90 Å². The number of hydrogen-bond acceptors (Lipinski definition) is 2. The minimum atomic E-state index is -0.152. The number of allylic oxidation sites excluding steroid dienone is 4. The lowest BCUT2D eigenvalue weighted by Crippen LogP contribution is -2.16. The van der Waals surface area contributed by atoms with Crippen molar-refractivity contribution >= 4 is 54.1 Å². The molecule has 0 unspecified atom stereocenters. The molecule has 0 fully saturated rings. The van der Waals surface area contributed by atoms with Gasteiger partial charge in [0, 0.05) is 42.5 Å². The molecule has 0 bridgehead atoms. The monoisotopic (exact) mass is 697 g/mol. The van der Waals surface area contributed by atoms with Gasteiger partial charge in [-0.05, 0) is 105 Å². The van der Waals surface area contributed by atoms with Gasteiger partial charge in [0.05, 0.1) is 5.69 Å². The first-order chi connectivity index (χ1) is 26.0. The summed E-state index contributed by atoms with van der Waals surface area (Å²) in [4.78, 5) is 2.53. The molecule has 10 rings (SSSR count). The molecule has 2 aliphatic rings. The molecular formula is C51H39NS. The van der Waals surface area contributed by atoms with E-state index in [1.807, 2.05) is 11.3 Å². The molecule has 0 aliphatic heterocycles. The lowest BCUT2D eigenvalue weighted by atomic mass is 9.81. The van der Waals surface area contributed by atoms with Crippen LogP contribution in [-0.4, -0.2) is 0 Å². The Morgan fingerprint density at radius 1 is 0.547 bits per heavy atom. The Morgan fingerprint density at radius 3 is 1.85 bits per heavy atom. The number of rotatable bonds is 6. The van der Waals surface area contributed by atoms with Gasteiger partial charge in [0.15, 0.2) is 0 Å². The van der Waals surface area contributed by atoms with Gasteiger partial charge >= 0.3 is 0 Å². The lowest BCUT2D eigenvalue weighted by molar-refractivity contribution is 0.661. The van der Waals surface area contributed by atoms with Crippen LogP contribution in [0.1, 0.15) is 43.4 Å². The Kier molecular flexibility index (Phi) is 7.56. The van der Waals surface area contributed by atoms with Crippen molar-refractivity contribution in [2.45, 2.75) is 32.1 Å². The second-order valence-corrected chi connectivity index (χ2v) is 15.9. The number of benzene rings is 7. The molecule has 8 aromatic rings. The molecule has 0 atom stereocenters. The van der Waals surface area contributed by atoms with Crippen LogP contribution < -0.4 is 4.90 Å². The molecule has 0 spiro atoms. The van der Waals surface area contributed by atoms with Crippen LogP contribution in [0, 0.1) is 0 Å². The van der Waals surface area contributed by atoms with Crippen LogP contribution in [0.4, 0.5) is 17.1 Å². The molecule has 0 saturated heterocycles. The second kappa shape index (κ2) is 12.6. The average molecular weight is 698 g/mol. The van der Waals surface area contributed by atoms with E-state index in [9.17, 15) is 0 Å². The molecule has 0 radical (unpaired) electrons. The number of fused-ring (bicyclic) bond motifs is 6. The predicted octanol–water partition coefficient (Wildman–Crippen LogP) is 14.9. The fraction of sp³-hybridized carbons (Fsp3) is 0.0980. The topological polar surface area (TPSA) is 3.24 Å². The zero-order chi connectivity index (χ0) is 35.5. The van der Waals surface area contributed by atoms with Gasteiger partial charge in [-0.3, -0.25) is 0 Å². The molecule has 7 aromatic carbocycles. The van der Waals surface area contributed by atoms with E-state index in [0.717, 1.165) is 24.2 Å². The van der Waals surface area contributed by atoms with Gasteiger partial charge in [-0.15, -0.1) is 11.3 Å². The van der Waals surface area contributed by atoms with Gasteiger partial charge in [0.25, 0.3) is 0 Å². The van der Waals surface area contributed by atoms with Crippen LogP contribution in [0.2, 0.25) is 0 Å². The molecule has 254 valence electrons. The number of nitrogens with zero attached hydrogens (tertiary/aromatic N) is 1. The van der Waals surface area contributed by atoms with Crippen LogP contribution in [0.25, 0.3) is 59.1 Å². The van der Waals surface area contributed by atoms with Crippen LogP contribution in [0.15, 0.2) is 176 Å². The van der Waals surface area contributed by atoms with Crippen molar-refractivity contribution in [2.24, 2.45) is 0 Å². The van der Waals surface area contributed by atoms with E-state index in [2.05, 4.69) is 195 Å². The smallest absolute Gasteiger partial charge is 0.0636 e. The Hall–Kier alpha value is -5.96. The minimum absolute atomic E-state index is 0.152. The zero-order valence-corrected chi connectivity index (χ0v) is 30.8. The largest absolute Gasteiger partial charge is 0.309 e. The van der Waals surface area contributed by atoms with E-state index < -0.39 is 0 Å². The summed E-state index contributed by atoms with van der Waals surface area (Å²) in [6, 6.07) is 58.4. The molecule has 2 heteroatoms. The Morgan fingerprint density at radius 2 is 1.15 bits per heavy atom. The highest BCUT2D eigenvalue weighted by Crippen LogP contribution is 2.59. The number of hydrogen-bond donors (Lipinski definition) is 0. The fourth-order valence-electron chi connectivity index (χ4n) is 8.61. The van der Waals surface area contributed by atoms with E-state index in [-0.39, 0.29) is 5.41 Å². The standard InChI is InChI=1S/C51H39NS/c1-51(2)44-31-28-39(35-16-8-4-9-17-35)32-43(44)48-45(51)33-47-49(42-20-12-13-21-46(42)53-47)50(48)52(40-18-10-5-11-19-40)41-29-26-38(27-30-41)37-24-22-36(23-25-37)34-14-6-3-7-15-34/h3-8,10-16,18-33H,9,17H2,1-2H3. The van der Waals surface area contributed by atoms with Crippen LogP contribution in [-0.2, 0) is 5.41 Å². The second-order valence-electron chi connectivity index (χ2n) is 14.8. The van der Waals surface area contributed by atoms with Crippen molar-refractivity contribution < 1.29 is 0 Å².